The molecule has 104 valence electrons. The fourth-order valence-electron chi connectivity index (χ4n) is 2.25. The third-order valence-electron chi connectivity index (χ3n) is 2.89. The number of nitrogens with zero attached hydrogens (tertiary/aromatic N) is 1. The molecule has 0 saturated carbocycles. The highest BCUT2D eigenvalue weighted by molar-refractivity contribution is 7.86. The molecule has 0 radical (unpaired) electrons. The first-order valence-corrected chi connectivity index (χ1v) is 7.11. The van der Waals surface area contributed by atoms with Gasteiger partial charge in [-0.05, 0) is 5.92 Å². The van der Waals surface area contributed by atoms with E-state index in [1.165, 1.54) is 0 Å². The number of hydrogen-bond acceptors (Lipinski definition) is 4. The Morgan fingerprint density at radius 1 is 1.56 bits per heavy atom. The lowest BCUT2D eigenvalue weighted by molar-refractivity contribution is -0.150. The van der Waals surface area contributed by atoms with Gasteiger partial charge in [0.25, 0.3) is 0 Å². The Bertz CT molecular complexity index is 447. The summed E-state index contributed by atoms with van der Waals surface area (Å²) in [6.45, 7) is 3.29. The van der Waals surface area contributed by atoms with Crippen molar-refractivity contribution in [1.82, 2.24) is 4.90 Å². The van der Waals surface area contributed by atoms with E-state index in [4.69, 9.17) is 5.11 Å². The summed E-state index contributed by atoms with van der Waals surface area (Å²) in [5.41, 5.74) is 0. The number of hydrogen-bond donors (Lipinski definition) is 1. The maximum absolute atomic E-state index is 12.5. The first kappa shape index (κ1) is 14.9. The number of halogens is 1. The molecule has 0 aromatic rings. The van der Waals surface area contributed by atoms with E-state index >= 15 is 0 Å². The molecule has 0 spiro atoms. The fraction of sp³-hybridized carbons (Fsp3) is 0.800. The van der Waals surface area contributed by atoms with Crippen molar-refractivity contribution >= 4 is 22.1 Å². The average Bonchev–Trinajstić information content (AvgIpc) is 2.42. The molecule has 6 nitrogen and oxygen atoms in total. The van der Waals surface area contributed by atoms with Gasteiger partial charge in [0.2, 0.25) is 5.91 Å². The molecule has 0 aromatic carbocycles. The van der Waals surface area contributed by atoms with E-state index < -0.39 is 39.8 Å². The van der Waals surface area contributed by atoms with Gasteiger partial charge in [-0.15, -0.1) is 3.89 Å². The fourth-order valence-corrected chi connectivity index (χ4v) is 3.04. The van der Waals surface area contributed by atoms with Crippen molar-refractivity contribution in [3.8, 4) is 0 Å². The van der Waals surface area contributed by atoms with Gasteiger partial charge in [-0.2, -0.15) is 8.42 Å². The van der Waals surface area contributed by atoms with Gasteiger partial charge >= 0.3 is 16.2 Å². The van der Waals surface area contributed by atoms with Gasteiger partial charge < -0.3 is 10.0 Å². The summed E-state index contributed by atoms with van der Waals surface area (Å²) >= 11 is 0. The van der Waals surface area contributed by atoms with Crippen molar-refractivity contribution in [3.63, 3.8) is 0 Å². The molecular formula is C10H16FNO5S. The third-order valence-corrected chi connectivity index (χ3v) is 3.76. The highest BCUT2D eigenvalue weighted by Gasteiger charge is 2.40. The molecule has 1 aliphatic heterocycles. The molecule has 1 aliphatic rings. The van der Waals surface area contributed by atoms with Gasteiger partial charge in [-0.25, -0.2) is 4.79 Å². The van der Waals surface area contributed by atoms with Crippen molar-refractivity contribution in [3.05, 3.63) is 0 Å². The molecule has 1 heterocycles. The Hall–Kier alpha value is -1.18. The summed E-state index contributed by atoms with van der Waals surface area (Å²) in [7, 11) is -4.65. The number of carbonyl (C=O) groups excluding carboxylic acids is 1. The largest absolute Gasteiger partial charge is 0.480 e. The summed E-state index contributed by atoms with van der Waals surface area (Å²) in [5, 5.41) is 9.05. The average molecular weight is 281 g/mol. The van der Waals surface area contributed by atoms with E-state index in [-0.39, 0.29) is 18.9 Å². The standard InChI is InChI=1S/C10H16FNO5S/c1-6(2)9(10(14)15)12-4-7(3-8(12)13)5-18(11,16)17/h6-7,9H,3-5H2,1-2H3,(H,14,15). The minimum absolute atomic E-state index is 0.0306. The topological polar surface area (TPSA) is 91.8 Å². The number of aliphatic carboxylic acids is 1. The Balaban J connectivity index is 2.81. The third kappa shape index (κ3) is 3.66. The highest BCUT2D eigenvalue weighted by Crippen LogP contribution is 2.25. The van der Waals surface area contributed by atoms with Crippen LogP contribution in [-0.2, 0) is 19.8 Å². The monoisotopic (exact) mass is 281 g/mol. The zero-order valence-electron chi connectivity index (χ0n) is 10.2. The second kappa shape index (κ2) is 5.21. The Morgan fingerprint density at radius 3 is 2.50 bits per heavy atom. The molecule has 1 saturated heterocycles. The van der Waals surface area contributed by atoms with E-state index in [9.17, 15) is 21.9 Å². The zero-order chi connectivity index (χ0) is 14.1. The number of carbonyl (C=O) groups is 2. The minimum Gasteiger partial charge on any atom is -0.480 e. The molecule has 1 rings (SSSR count). The molecule has 0 aromatic heterocycles. The van der Waals surface area contributed by atoms with Gasteiger partial charge in [0.15, 0.2) is 0 Å². The van der Waals surface area contributed by atoms with Crippen molar-refractivity contribution in [1.29, 1.82) is 0 Å². The summed E-state index contributed by atoms with van der Waals surface area (Å²) < 4.78 is 33.6. The number of likely N-dealkylation sites (tertiary alicyclic amines) is 1. The number of amides is 1. The normalized spacial score (nSPS) is 22.6. The van der Waals surface area contributed by atoms with Gasteiger partial charge in [0.05, 0.1) is 5.75 Å². The quantitative estimate of drug-likeness (QED) is 0.729. The van der Waals surface area contributed by atoms with E-state index in [0.717, 1.165) is 4.90 Å². The van der Waals surface area contributed by atoms with Crippen molar-refractivity contribution in [2.45, 2.75) is 26.3 Å². The Kier molecular flexibility index (Phi) is 4.31. The van der Waals surface area contributed by atoms with Crippen LogP contribution in [0.5, 0.6) is 0 Å². The number of carboxylic acid groups (broad SMARTS) is 1. The first-order valence-electron chi connectivity index (χ1n) is 5.56. The van der Waals surface area contributed by atoms with Gasteiger partial charge in [0.1, 0.15) is 6.04 Å². The molecule has 18 heavy (non-hydrogen) atoms. The van der Waals surface area contributed by atoms with Crippen LogP contribution in [0.25, 0.3) is 0 Å². The number of rotatable bonds is 5. The van der Waals surface area contributed by atoms with Crippen molar-refractivity contribution < 1.29 is 27.0 Å². The van der Waals surface area contributed by atoms with Crippen LogP contribution in [0.4, 0.5) is 3.89 Å². The Labute approximate surface area is 105 Å². The SMILES string of the molecule is CC(C)C(C(=O)O)N1CC(CS(=O)(=O)F)CC1=O. The molecule has 2 atom stereocenters. The lowest BCUT2D eigenvalue weighted by Crippen LogP contribution is -2.45. The van der Waals surface area contributed by atoms with E-state index in [1.807, 2.05) is 0 Å². The van der Waals surface area contributed by atoms with Crippen molar-refractivity contribution in [2.75, 3.05) is 12.3 Å². The molecule has 1 N–H and O–H groups in total. The van der Waals surface area contributed by atoms with Gasteiger partial charge in [-0.3, -0.25) is 4.79 Å². The van der Waals surface area contributed by atoms with Crippen LogP contribution in [0.1, 0.15) is 20.3 Å². The van der Waals surface area contributed by atoms with Crippen LogP contribution in [-0.4, -0.2) is 48.6 Å². The van der Waals surface area contributed by atoms with Crippen LogP contribution in [0.15, 0.2) is 0 Å². The number of carboxylic acids is 1. The maximum atomic E-state index is 12.5. The molecular weight excluding hydrogens is 265 g/mol. The second-order valence-corrected chi connectivity index (χ2v) is 6.26. The van der Waals surface area contributed by atoms with E-state index in [2.05, 4.69) is 0 Å². The molecule has 1 amide bonds. The highest BCUT2D eigenvalue weighted by atomic mass is 32.3. The van der Waals surface area contributed by atoms with Crippen LogP contribution in [0, 0.1) is 11.8 Å². The molecule has 1 fully saturated rings. The van der Waals surface area contributed by atoms with Crippen LogP contribution in [0.2, 0.25) is 0 Å². The van der Waals surface area contributed by atoms with Gasteiger partial charge in [-0.1, -0.05) is 13.8 Å². The molecule has 2 unspecified atom stereocenters. The Morgan fingerprint density at radius 2 is 2.11 bits per heavy atom. The molecule has 0 aliphatic carbocycles. The van der Waals surface area contributed by atoms with Crippen LogP contribution >= 0.6 is 0 Å². The lowest BCUT2D eigenvalue weighted by Gasteiger charge is -2.27. The second-order valence-electron chi connectivity index (χ2n) is 4.85. The first-order chi connectivity index (χ1) is 8.11. The maximum Gasteiger partial charge on any atom is 0.326 e. The van der Waals surface area contributed by atoms with E-state index in [1.54, 1.807) is 13.8 Å². The van der Waals surface area contributed by atoms with Crippen molar-refractivity contribution in [2.24, 2.45) is 11.8 Å². The summed E-state index contributed by atoms with van der Waals surface area (Å²) in [6.07, 6.45) is -0.125. The predicted octanol–water partition coefficient (Wildman–Crippen LogP) is 0.243. The predicted molar refractivity (Wildman–Crippen MR) is 61.0 cm³/mol. The van der Waals surface area contributed by atoms with Crippen LogP contribution < -0.4 is 0 Å². The summed E-state index contributed by atoms with van der Waals surface area (Å²) in [4.78, 5) is 23.9. The molecule has 0 bridgehead atoms. The smallest absolute Gasteiger partial charge is 0.326 e. The lowest BCUT2D eigenvalue weighted by atomic mass is 10.0. The molecule has 8 heteroatoms. The van der Waals surface area contributed by atoms with Crippen LogP contribution in [0.3, 0.4) is 0 Å². The van der Waals surface area contributed by atoms with Gasteiger partial charge in [0, 0.05) is 18.9 Å². The summed E-state index contributed by atoms with van der Waals surface area (Å²) in [6, 6.07) is -0.996. The van der Waals surface area contributed by atoms with E-state index in [0.29, 0.717) is 0 Å². The minimum atomic E-state index is -4.65. The zero-order valence-corrected chi connectivity index (χ0v) is 11.0. The summed E-state index contributed by atoms with van der Waals surface area (Å²) in [5.74, 6) is -3.29.